The van der Waals surface area contributed by atoms with E-state index in [0.717, 1.165) is 4.60 Å². The van der Waals surface area contributed by atoms with Gasteiger partial charge in [0.05, 0.1) is 28.2 Å². The summed E-state index contributed by atoms with van der Waals surface area (Å²) >= 11 is 6.75. The van der Waals surface area contributed by atoms with Crippen LogP contribution in [0.1, 0.15) is 17.4 Å². The van der Waals surface area contributed by atoms with Crippen LogP contribution >= 0.6 is 31.9 Å². The lowest BCUT2D eigenvalue weighted by molar-refractivity contribution is 0.0516. The first-order valence-corrected chi connectivity index (χ1v) is 6.76. The predicted molar refractivity (Wildman–Crippen MR) is 73.7 cm³/mol. The molecule has 96 valence electrons. The van der Waals surface area contributed by atoms with Crippen LogP contribution in [0.3, 0.4) is 0 Å². The third-order valence-corrected chi connectivity index (χ3v) is 4.79. The van der Waals surface area contributed by atoms with E-state index in [4.69, 9.17) is 4.74 Å². The van der Waals surface area contributed by atoms with E-state index in [0.29, 0.717) is 15.4 Å². The number of aromatic hydroxyl groups is 1. The summed E-state index contributed by atoms with van der Waals surface area (Å²) in [5, 5.41) is 10.7. The summed E-state index contributed by atoms with van der Waals surface area (Å²) in [6, 6.07) is 0. The van der Waals surface area contributed by atoms with Crippen molar-refractivity contribution in [3.63, 3.8) is 0 Å². The normalized spacial score (nSPS) is 10.9. The van der Waals surface area contributed by atoms with Crippen LogP contribution in [0.15, 0.2) is 15.3 Å². The Hall–Kier alpha value is -1.08. The van der Waals surface area contributed by atoms with Crippen molar-refractivity contribution in [2.45, 2.75) is 6.92 Å². The van der Waals surface area contributed by atoms with Crippen molar-refractivity contribution in [1.82, 2.24) is 9.55 Å². The number of pyridine rings is 1. The third kappa shape index (κ3) is 1.91. The molecule has 0 unspecified atom stereocenters. The average molecular weight is 378 g/mol. The average Bonchev–Trinajstić information content (AvgIpc) is 2.56. The summed E-state index contributed by atoms with van der Waals surface area (Å²) in [6.45, 7) is 1.93. The number of fused-ring (bicyclic) bond motifs is 1. The Bertz CT molecular complexity index is 637. The molecule has 0 saturated heterocycles. The van der Waals surface area contributed by atoms with Crippen LogP contribution in [-0.2, 0) is 11.8 Å². The standard InChI is InChI=1S/C11H10Br2N2O3/c1-3-18-11(17)8-9(16)6-5(4-14-8)15(2)10(13)7(6)12/h4,16H,3H2,1-2H3. The summed E-state index contributed by atoms with van der Waals surface area (Å²) in [6.07, 6.45) is 1.52. The topological polar surface area (TPSA) is 64.3 Å². The minimum Gasteiger partial charge on any atom is -0.505 e. The maximum Gasteiger partial charge on any atom is 0.360 e. The zero-order chi connectivity index (χ0) is 13.4. The Balaban J connectivity index is 2.72. The molecule has 0 bridgehead atoms. The number of esters is 1. The fraction of sp³-hybridized carbons (Fsp3) is 0.273. The first kappa shape index (κ1) is 13.4. The molecular weight excluding hydrogens is 368 g/mol. The van der Waals surface area contributed by atoms with Gasteiger partial charge in [-0.1, -0.05) is 0 Å². The lowest BCUT2D eigenvalue weighted by Crippen LogP contribution is -2.07. The Labute approximate surface area is 120 Å². The highest BCUT2D eigenvalue weighted by molar-refractivity contribution is 9.13. The minimum absolute atomic E-state index is 0.0804. The smallest absolute Gasteiger partial charge is 0.360 e. The van der Waals surface area contributed by atoms with Crippen molar-refractivity contribution in [1.29, 1.82) is 0 Å². The molecule has 0 fully saturated rings. The van der Waals surface area contributed by atoms with Gasteiger partial charge in [0.15, 0.2) is 11.4 Å². The molecule has 5 nitrogen and oxygen atoms in total. The molecule has 2 rings (SSSR count). The molecule has 0 aliphatic rings. The van der Waals surface area contributed by atoms with Gasteiger partial charge in [0.2, 0.25) is 0 Å². The number of hydrogen-bond donors (Lipinski definition) is 1. The van der Waals surface area contributed by atoms with E-state index >= 15 is 0 Å². The number of aryl methyl sites for hydroxylation is 1. The summed E-state index contributed by atoms with van der Waals surface area (Å²) in [5.74, 6) is -0.817. The molecule has 0 aliphatic carbocycles. The second-order valence-electron chi connectivity index (χ2n) is 3.60. The van der Waals surface area contributed by atoms with Gasteiger partial charge in [-0.2, -0.15) is 0 Å². The predicted octanol–water partition coefficient (Wildman–Crippen LogP) is 2.98. The molecule has 0 amide bonds. The molecule has 0 saturated carbocycles. The number of nitrogens with zero attached hydrogens (tertiary/aromatic N) is 2. The third-order valence-electron chi connectivity index (χ3n) is 2.56. The van der Waals surface area contributed by atoms with Gasteiger partial charge >= 0.3 is 5.97 Å². The van der Waals surface area contributed by atoms with Gasteiger partial charge in [-0.15, -0.1) is 0 Å². The fourth-order valence-corrected chi connectivity index (χ4v) is 2.71. The maximum atomic E-state index is 11.6. The maximum absolute atomic E-state index is 11.6. The molecule has 18 heavy (non-hydrogen) atoms. The highest BCUT2D eigenvalue weighted by atomic mass is 79.9. The largest absolute Gasteiger partial charge is 0.505 e. The van der Waals surface area contributed by atoms with Crippen molar-refractivity contribution in [2.24, 2.45) is 7.05 Å². The van der Waals surface area contributed by atoms with Crippen molar-refractivity contribution in [3.8, 4) is 5.75 Å². The van der Waals surface area contributed by atoms with Gasteiger partial charge in [-0.05, 0) is 38.8 Å². The quantitative estimate of drug-likeness (QED) is 0.817. The van der Waals surface area contributed by atoms with Crippen molar-refractivity contribution < 1.29 is 14.6 Å². The van der Waals surface area contributed by atoms with Crippen LogP contribution in [0, 0.1) is 0 Å². The lowest BCUT2D eigenvalue weighted by Gasteiger charge is -2.05. The second-order valence-corrected chi connectivity index (χ2v) is 5.14. The van der Waals surface area contributed by atoms with Crippen LogP contribution in [0.4, 0.5) is 0 Å². The lowest BCUT2D eigenvalue weighted by atomic mass is 10.2. The Morgan fingerprint density at radius 1 is 1.56 bits per heavy atom. The molecule has 1 N–H and O–H groups in total. The first-order chi connectivity index (χ1) is 8.49. The Kier molecular flexibility index (Phi) is 3.63. The Morgan fingerprint density at radius 2 is 2.22 bits per heavy atom. The van der Waals surface area contributed by atoms with E-state index in [-0.39, 0.29) is 18.1 Å². The molecule has 0 spiro atoms. The molecule has 7 heteroatoms. The number of ether oxygens (including phenoxy) is 1. The van der Waals surface area contributed by atoms with Crippen LogP contribution < -0.4 is 0 Å². The molecule has 0 atom stereocenters. The first-order valence-electron chi connectivity index (χ1n) is 5.17. The fourth-order valence-electron chi connectivity index (χ4n) is 1.67. The number of rotatable bonds is 2. The Morgan fingerprint density at radius 3 is 2.83 bits per heavy atom. The number of carbonyl (C=O) groups is 1. The van der Waals surface area contributed by atoms with Crippen molar-refractivity contribution >= 4 is 48.7 Å². The molecule has 0 radical (unpaired) electrons. The van der Waals surface area contributed by atoms with Gasteiger partial charge < -0.3 is 14.4 Å². The van der Waals surface area contributed by atoms with Crippen molar-refractivity contribution in [2.75, 3.05) is 6.61 Å². The van der Waals surface area contributed by atoms with Crippen LogP contribution in [0.5, 0.6) is 5.75 Å². The SMILES string of the molecule is CCOC(=O)c1ncc2c(c1O)c(Br)c(Br)n2C. The molecular formula is C11H10Br2N2O3. The molecule has 2 aromatic heterocycles. The van der Waals surface area contributed by atoms with E-state index in [9.17, 15) is 9.90 Å². The van der Waals surface area contributed by atoms with E-state index < -0.39 is 5.97 Å². The minimum atomic E-state index is -0.635. The molecule has 0 aromatic carbocycles. The molecule has 0 aliphatic heterocycles. The van der Waals surface area contributed by atoms with E-state index in [2.05, 4.69) is 36.8 Å². The van der Waals surface area contributed by atoms with Gasteiger partial charge in [-0.25, -0.2) is 9.78 Å². The number of halogens is 2. The van der Waals surface area contributed by atoms with E-state index in [1.807, 2.05) is 7.05 Å². The highest BCUT2D eigenvalue weighted by Gasteiger charge is 2.22. The van der Waals surface area contributed by atoms with E-state index in [1.165, 1.54) is 6.20 Å². The van der Waals surface area contributed by atoms with E-state index in [1.54, 1.807) is 11.5 Å². The number of carbonyl (C=O) groups excluding carboxylic acids is 1. The molecule has 2 aromatic rings. The van der Waals surface area contributed by atoms with Crippen LogP contribution in [-0.4, -0.2) is 27.2 Å². The monoisotopic (exact) mass is 376 g/mol. The zero-order valence-corrected chi connectivity index (χ0v) is 12.9. The van der Waals surface area contributed by atoms with Gasteiger partial charge in [-0.3, -0.25) is 0 Å². The molecule has 2 heterocycles. The highest BCUT2D eigenvalue weighted by Crippen LogP contribution is 2.39. The van der Waals surface area contributed by atoms with Gasteiger partial charge in [0.25, 0.3) is 0 Å². The van der Waals surface area contributed by atoms with Crippen LogP contribution in [0.25, 0.3) is 10.9 Å². The van der Waals surface area contributed by atoms with Crippen molar-refractivity contribution in [3.05, 3.63) is 21.0 Å². The van der Waals surface area contributed by atoms with Crippen LogP contribution in [0.2, 0.25) is 0 Å². The number of hydrogen-bond acceptors (Lipinski definition) is 4. The summed E-state index contributed by atoms with van der Waals surface area (Å²) < 4.78 is 8.08. The summed E-state index contributed by atoms with van der Waals surface area (Å²) in [7, 11) is 1.82. The second kappa shape index (κ2) is 4.89. The summed E-state index contributed by atoms with van der Waals surface area (Å²) in [4.78, 5) is 15.6. The number of aromatic nitrogens is 2. The zero-order valence-electron chi connectivity index (χ0n) is 9.70. The van der Waals surface area contributed by atoms with Gasteiger partial charge in [0, 0.05) is 7.05 Å². The summed E-state index contributed by atoms with van der Waals surface area (Å²) in [5.41, 5.74) is 0.627. The van der Waals surface area contributed by atoms with Gasteiger partial charge in [0.1, 0.15) is 4.60 Å².